The zero-order valence-corrected chi connectivity index (χ0v) is 14.7. The highest BCUT2D eigenvalue weighted by Gasteiger charge is 2.27. The number of thiophene rings is 1. The molecular formula is C14H19N3O4S2. The minimum Gasteiger partial charge on any atom is -0.360 e. The van der Waals surface area contributed by atoms with E-state index >= 15 is 0 Å². The normalized spacial score (nSPS) is 13.2. The number of nitrogens with zero attached hydrogens (tertiary/aromatic N) is 1. The van der Waals surface area contributed by atoms with Crippen molar-refractivity contribution in [1.82, 2.24) is 9.88 Å². The van der Waals surface area contributed by atoms with Crippen molar-refractivity contribution >= 4 is 33.1 Å². The maximum atomic E-state index is 12.4. The largest absolute Gasteiger partial charge is 0.360 e. The molecule has 9 heteroatoms. The van der Waals surface area contributed by atoms with Crippen LogP contribution in [0.3, 0.4) is 0 Å². The van der Waals surface area contributed by atoms with Crippen molar-refractivity contribution in [3.8, 4) is 0 Å². The van der Waals surface area contributed by atoms with Gasteiger partial charge in [0.05, 0.1) is 0 Å². The monoisotopic (exact) mass is 357 g/mol. The number of carbonyl (C=O) groups excluding carboxylic acids is 1. The smallest absolute Gasteiger partial charge is 0.250 e. The van der Waals surface area contributed by atoms with Crippen LogP contribution in [0.2, 0.25) is 0 Å². The predicted octanol–water partition coefficient (Wildman–Crippen LogP) is 2.38. The van der Waals surface area contributed by atoms with E-state index in [4.69, 9.17) is 4.52 Å². The average molecular weight is 357 g/mol. The lowest BCUT2D eigenvalue weighted by Crippen LogP contribution is -2.44. The van der Waals surface area contributed by atoms with Crippen LogP contribution in [0.5, 0.6) is 0 Å². The summed E-state index contributed by atoms with van der Waals surface area (Å²) in [6, 6.07) is 3.82. The SMILES string of the molecule is Cc1cc(NC(=O)[C@H](CC(C)C)NS(=O)(=O)c2cccs2)no1. The van der Waals surface area contributed by atoms with Gasteiger partial charge in [-0.2, -0.15) is 4.72 Å². The van der Waals surface area contributed by atoms with Crippen LogP contribution < -0.4 is 10.0 Å². The lowest BCUT2D eigenvalue weighted by atomic mass is 10.0. The van der Waals surface area contributed by atoms with Gasteiger partial charge in [-0.1, -0.05) is 25.1 Å². The molecule has 1 amide bonds. The number of aromatic nitrogens is 1. The number of hydrogen-bond donors (Lipinski definition) is 2. The molecule has 0 spiro atoms. The fourth-order valence-corrected chi connectivity index (χ4v) is 4.20. The number of carbonyl (C=O) groups is 1. The van der Waals surface area contributed by atoms with E-state index in [1.54, 1.807) is 24.4 Å². The first kappa shape index (κ1) is 17.6. The van der Waals surface area contributed by atoms with Gasteiger partial charge in [0.2, 0.25) is 5.91 Å². The highest BCUT2D eigenvalue weighted by atomic mass is 32.2. The fraction of sp³-hybridized carbons (Fsp3) is 0.429. The molecule has 1 atom stereocenters. The molecule has 0 aliphatic carbocycles. The third-order valence-electron chi connectivity index (χ3n) is 2.96. The number of hydrogen-bond acceptors (Lipinski definition) is 6. The summed E-state index contributed by atoms with van der Waals surface area (Å²) in [5.74, 6) is 0.486. The van der Waals surface area contributed by atoms with Crippen LogP contribution in [0, 0.1) is 12.8 Å². The van der Waals surface area contributed by atoms with E-state index in [-0.39, 0.29) is 15.9 Å². The summed E-state index contributed by atoms with van der Waals surface area (Å²) >= 11 is 1.10. The highest BCUT2D eigenvalue weighted by molar-refractivity contribution is 7.91. The quantitative estimate of drug-likeness (QED) is 0.792. The molecule has 23 heavy (non-hydrogen) atoms. The Hall–Kier alpha value is -1.71. The maximum Gasteiger partial charge on any atom is 0.250 e. The molecular weight excluding hydrogens is 338 g/mol. The summed E-state index contributed by atoms with van der Waals surface area (Å²) in [6.45, 7) is 5.54. The van der Waals surface area contributed by atoms with Gasteiger partial charge in [0.25, 0.3) is 10.0 Å². The van der Waals surface area contributed by atoms with Gasteiger partial charge < -0.3 is 9.84 Å². The summed E-state index contributed by atoms with van der Waals surface area (Å²) < 4.78 is 32.2. The number of amides is 1. The Kier molecular flexibility index (Phi) is 5.55. The minimum atomic E-state index is -3.73. The Morgan fingerprint density at radius 1 is 1.43 bits per heavy atom. The maximum absolute atomic E-state index is 12.4. The number of aryl methyl sites for hydroxylation is 1. The molecule has 2 N–H and O–H groups in total. The number of sulfonamides is 1. The number of rotatable bonds is 7. The van der Waals surface area contributed by atoms with Crippen molar-refractivity contribution in [3.63, 3.8) is 0 Å². The first-order valence-electron chi connectivity index (χ1n) is 7.08. The Bertz CT molecular complexity index is 751. The Morgan fingerprint density at radius 3 is 2.70 bits per heavy atom. The Balaban J connectivity index is 2.14. The molecule has 0 aliphatic rings. The van der Waals surface area contributed by atoms with Gasteiger partial charge in [-0.25, -0.2) is 8.42 Å². The van der Waals surface area contributed by atoms with Crippen LogP contribution in [0.4, 0.5) is 5.82 Å². The summed E-state index contributed by atoms with van der Waals surface area (Å²) in [7, 11) is -3.73. The fourth-order valence-electron chi connectivity index (χ4n) is 1.98. The summed E-state index contributed by atoms with van der Waals surface area (Å²) in [4.78, 5) is 12.4. The van der Waals surface area contributed by atoms with E-state index in [9.17, 15) is 13.2 Å². The Labute approximate surface area is 139 Å². The minimum absolute atomic E-state index is 0.135. The van der Waals surface area contributed by atoms with Crippen LogP contribution in [-0.4, -0.2) is 25.5 Å². The standard InChI is InChI=1S/C14H19N3O4S2/c1-9(2)7-11(14(18)15-12-8-10(3)21-16-12)17-23(19,20)13-5-4-6-22-13/h4-6,8-9,11,17H,7H2,1-3H3,(H,15,16,18)/t11-/m0/s1. The van der Waals surface area contributed by atoms with E-state index in [0.717, 1.165) is 11.3 Å². The summed E-state index contributed by atoms with van der Waals surface area (Å²) in [5, 5.41) is 7.92. The molecule has 2 aromatic heterocycles. The third-order valence-corrected chi connectivity index (χ3v) is 5.83. The first-order chi connectivity index (χ1) is 10.8. The van der Waals surface area contributed by atoms with Crippen molar-refractivity contribution in [2.45, 2.75) is 37.4 Å². The van der Waals surface area contributed by atoms with Gasteiger partial charge in [-0.05, 0) is 30.7 Å². The van der Waals surface area contributed by atoms with Crippen LogP contribution in [0.1, 0.15) is 26.0 Å². The molecule has 126 valence electrons. The molecule has 2 heterocycles. The van der Waals surface area contributed by atoms with E-state index in [0.29, 0.717) is 12.2 Å². The second-order valence-corrected chi connectivity index (χ2v) is 8.44. The van der Waals surface area contributed by atoms with Crippen molar-refractivity contribution in [1.29, 1.82) is 0 Å². The second kappa shape index (κ2) is 7.24. The van der Waals surface area contributed by atoms with Gasteiger partial charge in [-0.3, -0.25) is 4.79 Å². The first-order valence-corrected chi connectivity index (χ1v) is 9.44. The highest BCUT2D eigenvalue weighted by Crippen LogP contribution is 2.18. The Morgan fingerprint density at radius 2 is 2.17 bits per heavy atom. The van der Waals surface area contributed by atoms with Crippen LogP contribution in [-0.2, 0) is 14.8 Å². The van der Waals surface area contributed by atoms with Gasteiger partial charge in [0.1, 0.15) is 16.0 Å². The lowest BCUT2D eigenvalue weighted by molar-refractivity contribution is -0.118. The number of anilines is 1. The molecule has 2 rings (SSSR count). The van der Waals surface area contributed by atoms with Crippen molar-refractivity contribution in [2.24, 2.45) is 5.92 Å². The molecule has 0 aliphatic heterocycles. The zero-order chi connectivity index (χ0) is 17.0. The molecule has 0 bridgehead atoms. The summed E-state index contributed by atoms with van der Waals surface area (Å²) in [5.41, 5.74) is 0. The van der Waals surface area contributed by atoms with Crippen LogP contribution in [0.25, 0.3) is 0 Å². The molecule has 0 aromatic carbocycles. The van der Waals surface area contributed by atoms with Gasteiger partial charge in [0.15, 0.2) is 5.82 Å². The van der Waals surface area contributed by atoms with Gasteiger partial charge in [-0.15, -0.1) is 11.3 Å². The van der Waals surface area contributed by atoms with E-state index < -0.39 is 22.0 Å². The topological polar surface area (TPSA) is 101 Å². The van der Waals surface area contributed by atoms with E-state index in [2.05, 4.69) is 15.2 Å². The van der Waals surface area contributed by atoms with Crippen LogP contribution in [0.15, 0.2) is 32.3 Å². The van der Waals surface area contributed by atoms with Crippen LogP contribution >= 0.6 is 11.3 Å². The number of nitrogens with one attached hydrogen (secondary N) is 2. The molecule has 0 fully saturated rings. The van der Waals surface area contributed by atoms with Gasteiger partial charge in [0, 0.05) is 6.07 Å². The average Bonchev–Trinajstić information content (AvgIpc) is 3.09. The summed E-state index contributed by atoms with van der Waals surface area (Å²) in [6.07, 6.45) is 0.368. The third kappa shape index (κ3) is 4.88. The van der Waals surface area contributed by atoms with E-state index in [1.807, 2.05) is 13.8 Å². The molecule has 2 aromatic rings. The van der Waals surface area contributed by atoms with Crippen molar-refractivity contribution in [2.75, 3.05) is 5.32 Å². The molecule has 0 radical (unpaired) electrons. The zero-order valence-electron chi connectivity index (χ0n) is 13.1. The second-order valence-electron chi connectivity index (χ2n) is 5.55. The lowest BCUT2D eigenvalue weighted by Gasteiger charge is -2.19. The van der Waals surface area contributed by atoms with Crippen molar-refractivity contribution < 1.29 is 17.7 Å². The van der Waals surface area contributed by atoms with Gasteiger partial charge >= 0.3 is 0 Å². The molecule has 0 saturated heterocycles. The molecule has 0 unspecified atom stereocenters. The molecule has 0 saturated carbocycles. The predicted molar refractivity (Wildman–Crippen MR) is 87.8 cm³/mol. The molecule has 7 nitrogen and oxygen atoms in total. The van der Waals surface area contributed by atoms with Crippen molar-refractivity contribution in [3.05, 3.63) is 29.3 Å². The van der Waals surface area contributed by atoms with E-state index in [1.165, 1.54) is 6.07 Å².